The summed E-state index contributed by atoms with van der Waals surface area (Å²) in [6.07, 6.45) is 0. The van der Waals surface area contributed by atoms with E-state index in [1.54, 1.807) is 20.3 Å². The number of aromatic hydroxyl groups is 1. The van der Waals surface area contributed by atoms with Crippen LogP contribution in [0.25, 0.3) is 22.0 Å². The van der Waals surface area contributed by atoms with Gasteiger partial charge < -0.3 is 20.3 Å². The highest BCUT2D eigenvalue weighted by atomic mass is 16.5. The number of benzene rings is 2. The number of anilines is 1. The highest BCUT2D eigenvalue weighted by Gasteiger charge is 2.09. The molecule has 0 radical (unpaired) electrons. The van der Waals surface area contributed by atoms with E-state index in [9.17, 15) is 5.11 Å². The van der Waals surface area contributed by atoms with Crippen molar-refractivity contribution in [3.8, 4) is 28.5 Å². The predicted octanol–water partition coefficient (Wildman–Crippen LogP) is 2.60. The molecule has 0 aliphatic carbocycles. The molecule has 6 heteroatoms. The van der Waals surface area contributed by atoms with Gasteiger partial charge in [0.05, 0.1) is 25.1 Å². The first-order valence-corrected chi connectivity index (χ1v) is 6.61. The second-order valence-corrected chi connectivity index (χ2v) is 4.71. The van der Waals surface area contributed by atoms with E-state index < -0.39 is 0 Å². The smallest absolute Gasteiger partial charge is 0.223 e. The minimum Gasteiger partial charge on any atom is -0.493 e. The molecule has 0 amide bonds. The number of nitrogen functional groups attached to an aromatic ring is 1. The summed E-state index contributed by atoms with van der Waals surface area (Å²) in [6.45, 7) is 0. The summed E-state index contributed by atoms with van der Waals surface area (Å²) in [5.74, 6) is 1.21. The van der Waals surface area contributed by atoms with Crippen LogP contribution in [0.15, 0.2) is 36.4 Å². The molecular weight excluding hydrogens is 282 g/mol. The lowest BCUT2D eigenvalue weighted by molar-refractivity contribution is 0.355. The first-order chi connectivity index (χ1) is 10.6. The maximum atomic E-state index is 9.93. The highest BCUT2D eigenvalue weighted by Crippen LogP contribution is 2.34. The summed E-state index contributed by atoms with van der Waals surface area (Å²) >= 11 is 0. The third-order valence-electron chi connectivity index (χ3n) is 3.41. The van der Waals surface area contributed by atoms with Gasteiger partial charge in [0.1, 0.15) is 0 Å². The van der Waals surface area contributed by atoms with Crippen LogP contribution < -0.4 is 15.2 Å². The van der Waals surface area contributed by atoms with Gasteiger partial charge in [-0.05, 0) is 35.4 Å². The lowest BCUT2D eigenvalue weighted by Gasteiger charge is -2.10. The molecule has 3 N–H and O–H groups in total. The van der Waals surface area contributed by atoms with Gasteiger partial charge in [-0.15, -0.1) is 0 Å². The molecule has 0 saturated carbocycles. The van der Waals surface area contributed by atoms with Gasteiger partial charge in [0.2, 0.25) is 11.8 Å². The molecule has 0 aliphatic rings. The number of ether oxygens (including phenoxy) is 2. The van der Waals surface area contributed by atoms with E-state index in [1.165, 1.54) is 0 Å². The Bertz CT molecular complexity index is 849. The summed E-state index contributed by atoms with van der Waals surface area (Å²) in [6, 6.07) is 11.1. The van der Waals surface area contributed by atoms with Crippen LogP contribution in [0.2, 0.25) is 0 Å². The van der Waals surface area contributed by atoms with Crippen LogP contribution in [0.1, 0.15) is 0 Å². The Hall–Kier alpha value is -3.02. The van der Waals surface area contributed by atoms with Crippen molar-refractivity contribution in [1.29, 1.82) is 0 Å². The quantitative estimate of drug-likeness (QED) is 0.772. The van der Waals surface area contributed by atoms with E-state index in [2.05, 4.69) is 9.97 Å². The number of rotatable bonds is 3. The molecule has 3 aromatic rings. The van der Waals surface area contributed by atoms with Crippen LogP contribution >= 0.6 is 0 Å². The van der Waals surface area contributed by atoms with E-state index in [0.29, 0.717) is 22.4 Å². The molecule has 0 spiro atoms. The SMILES string of the molecule is COc1ccc(-c2ccc3nc(N)nc(O)c3c2)cc1OC. The largest absolute Gasteiger partial charge is 0.493 e. The van der Waals surface area contributed by atoms with Crippen molar-refractivity contribution < 1.29 is 14.6 Å². The highest BCUT2D eigenvalue weighted by molar-refractivity contribution is 5.88. The molecule has 6 nitrogen and oxygen atoms in total. The Balaban J connectivity index is 2.14. The van der Waals surface area contributed by atoms with Gasteiger partial charge in [0.15, 0.2) is 11.5 Å². The van der Waals surface area contributed by atoms with Crippen LogP contribution in [-0.2, 0) is 0 Å². The minimum absolute atomic E-state index is 0.0452. The number of nitrogens with two attached hydrogens (primary N) is 1. The lowest BCUT2D eigenvalue weighted by atomic mass is 10.0. The zero-order valence-corrected chi connectivity index (χ0v) is 12.2. The van der Waals surface area contributed by atoms with Gasteiger partial charge in [0.25, 0.3) is 0 Å². The maximum absolute atomic E-state index is 9.93. The number of nitrogens with zero attached hydrogens (tertiary/aromatic N) is 2. The van der Waals surface area contributed by atoms with Crippen molar-refractivity contribution >= 4 is 16.9 Å². The van der Waals surface area contributed by atoms with E-state index in [4.69, 9.17) is 15.2 Å². The number of hydrogen-bond donors (Lipinski definition) is 2. The minimum atomic E-state index is -0.134. The van der Waals surface area contributed by atoms with Crippen LogP contribution in [0.4, 0.5) is 5.95 Å². The average Bonchev–Trinajstić information content (AvgIpc) is 2.53. The molecule has 22 heavy (non-hydrogen) atoms. The molecule has 1 aromatic heterocycles. The second-order valence-electron chi connectivity index (χ2n) is 4.71. The molecule has 112 valence electrons. The molecule has 0 aliphatic heterocycles. The number of aromatic nitrogens is 2. The summed E-state index contributed by atoms with van der Waals surface area (Å²) in [7, 11) is 3.18. The zero-order chi connectivity index (χ0) is 15.7. The van der Waals surface area contributed by atoms with Crippen molar-refractivity contribution in [2.24, 2.45) is 0 Å². The first kappa shape index (κ1) is 13.9. The van der Waals surface area contributed by atoms with Gasteiger partial charge in [-0.2, -0.15) is 4.98 Å². The molecule has 2 aromatic carbocycles. The Morgan fingerprint density at radius 1 is 0.909 bits per heavy atom. The van der Waals surface area contributed by atoms with Gasteiger partial charge >= 0.3 is 0 Å². The summed E-state index contributed by atoms with van der Waals surface area (Å²) < 4.78 is 10.5. The first-order valence-electron chi connectivity index (χ1n) is 6.61. The molecule has 0 atom stereocenters. The average molecular weight is 297 g/mol. The Labute approximate surface area is 127 Å². The van der Waals surface area contributed by atoms with Crippen LogP contribution in [-0.4, -0.2) is 29.3 Å². The Morgan fingerprint density at radius 3 is 2.32 bits per heavy atom. The summed E-state index contributed by atoms with van der Waals surface area (Å²) in [4.78, 5) is 7.87. The van der Waals surface area contributed by atoms with Gasteiger partial charge in [-0.3, -0.25) is 0 Å². The molecule has 3 rings (SSSR count). The summed E-state index contributed by atoms with van der Waals surface area (Å²) in [5.41, 5.74) is 7.95. The van der Waals surface area contributed by atoms with Gasteiger partial charge in [-0.1, -0.05) is 12.1 Å². The van der Waals surface area contributed by atoms with Crippen LogP contribution in [0, 0.1) is 0 Å². The van der Waals surface area contributed by atoms with Crippen LogP contribution in [0.3, 0.4) is 0 Å². The molecule has 0 saturated heterocycles. The maximum Gasteiger partial charge on any atom is 0.223 e. The van der Waals surface area contributed by atoms with E-state index in [0.717, 1.165) is 11.1 Å². The third kappa shape index (κ3) is 2.35. The van der Waals surface area contributed by atoms with Crippen molar-refractivity contribution in [1.82, 2.24) is 9.97 Å². The van der Waals surface area contributed by atoms with Crippen molar-refractivity contribution in [2.75, 3.05) is 20.0 Å². The van der Waals surface area contributed by atoms with Gasteiger partial charge in [0, 0.05) is 0 Å². The second kappa shape index (κ2) is 5.40. The number of methoxy groups -OCH3 is 2. The molecule has 0 bridgehead atoms. The fraction of sp³-hybridized carbons (Fsp3) is 0.125. The zero-order valence-electron chi connectivity index (χ0n) is 12.2. The third-order valence-corrected chi connectivity index (χ3v) is 3.41. The lowest BCUT2D eigenvalue weighted by Crippen LogP contribution is -1.95. The Kier molecular flexibility index (Phi) is 3.42. The molecule has 1 heterocycles. The molecule has 0 fully saturated rings. The standard InChI is InChI=1S/C16H15N3O3/c1-21-13-6-4-10(8-14(13)22-2)9-3-5-12-11(7-9)15(20)19-16(17)18-12/h3-8H,1-2H3,(H3,17,18,19,20). The van der Waals surface area contributed by atoms with Crippen molar-refractivity contribution in [3.63, 3.8) is 0 Å². The topological polar surface area (TPSA) is 90.5 Å². The van der Waals surface area contributed by atoms with Crippen molar-refractivity contribution in [3.05, 3.63) is 36.4 Å². The number of hydrogen-bond acceptors (Lipinski definition) is 6. The van der Waals surface area contributed by atoms with Crippen molar-refractivity contribution in [2.45, 2.75) is 0 Å². The van der Waals surface area contributed by atoms with Crippen LogP contribution in [0.5, 0.6) is 17.4 Å². The van der Waals surface area contributed by atoms with E-state index >= 15 is 0 Å². The predicted molar refractivity (Wildman–Crippen MR) is 84.2 cm³/mol. The fourth-order valence-electron chi connectivity index (χ4n) is 2.33. The summed E-state index contributed by atoms with van der Waals surface area (Å²) in [5, 5.41) is 10.5. The molecule has 0 unspecified atom stereocenters. The Morgan fingerprint density at radius 2 is 1.59 bits per heavy atom. The fourth-order valence-corrected chi connectivity index (χ4v) is 2.33. The molecular formula is C16H15N3O3. The number of fused-ring (bicyclic) bond motifs is 1. The van der Waals surface area contributed by atoms with E-state index in [1.807, 2.05) is 30.3 Å². The van der Waals surface area contributed by atoms with Gasteiger partial charge in [-0.25, -0.2) is 4.98 Å². The normalized spacial score (nSPS) is 10.6. The van der Waals surface area contributed by atoms with E-state index in [-0.39, 0.29) is 11.8 Å². The monoisotopic (exact) mass is 297 g/mol.